The van der Waals surface area contributed by atoms with Crippen LogP contribution in [0, 0.1) is 20.8 Å². The number of sulfonamides is 1. The van der Waals surface area contributed by atoms with E-state index in [0.29, 0.717) is 22.4 Å². The number of hydrogen-bond donors (Lipinski definition) is 0. The fraction of sp³-hybridized carbons (Fsp3) is 0.500. The molecule has 8 nitrogen and oxygen atoms in total. The van der Waals surface area contributed by atoms with Crippen molar-refractivity contribution in [1.82, 2.24) is 4.31 Å². The molecule has 1 aromatic carbocycles. The van der Waals surface area contributed by atoms with Crippen LogP contribution in [0.2, 0.25) is 0 Å². The number of esters is 2. The zero-order chi connectivity index (χ0) is 19.4. The molecular weight excluding hydrogens is 350 g/mol. The molecule has 0 N–H and O–H groups in total. The van der Waals surface area contributed by atoms with Crippen molar-refractivity contribution >= 4 is 22.0 Å². The van der Waals surface area contributed by atoms with E-state index in [9.17, 15) is 18.0 Å². The lowest BCUT2D eigenvalue weighted by atomic mass is 10.1. The van der Waals surface area contributed by atoms with Crippen LogP contribution in [0.15, 0.2) is 11.0 Å². The molecule has 1 rings (SSSR count). The Morgan fingerprint density at radius 1 is 0.960 bits per heavy atom. The van der Waals surface area contributed by atoms with Crippen LogP contribution in [0.3, 0.4) is 0 Å². The molecule has 0 saturated carbocycles. The Labute approximate surface area is 147 Å². The third kappa shape index (κ3) is 4.49. The third-order valence-electron chi connectivity index (χ3n) is 3.86. The quantitative estimate of drug-likeness (QED) is 0.656. The van der Waals surface area contributed by atoms with Crippen molar-refractivity contribution in [2.24, 2.45) is 0 Å². The van der Waals surface area contributed by atoms with E-state index in [2.05, 4.69) is 9.47 Å². The molecule has 25 heavy (non-hydrogen) atoms. The summed E-state index contributed by atoms with van der Waals surface area (Å²) in [6.45, 7) is 3.80. The van der Waals surface area contributed by atoms with Crippen molar-refractivity contribution in [3.63, 3.8) is 0 Å². The first-order valence-electron chi connectivity index (χ1n) is 7.38. The van der Waals surface area contributed by atoms with Crippen LogP contribution in [-0.2, 0) is 29.1 Å². The molecule has 1 aromatic rings. The van der Waals surface area contributed by atoms with E-state index in [1.165, 1.54) is 7.11 Å². The normalized spacial score (nSPS) is 11.3. The largest absolute Gasteiger partial charge is 0.496 e. The second kappa shape index (κ2) is 8.30. The third-order valence-corrected chi connectivity index (χ3v) is 5.94. The second-order valence-electron chi connectivity index (χ2n) is 5.40. The number of methoxy groups -OCH3 is 3. The molecule has 0 heterocycles. The maximum absolute atomic E-state index is 13.1. The zero-order valence-corrected chi connectivity index (χ0v) is 16.0. The summed E-state index contributed by atoms with van der Waals surface area (Å²) in [5.41, 5.74) is 1.58. The average molecular weight is 373 g/mol. The van der Waals surface area contributed by atoms with Gasteiger partial charge in [-0.15, -0.1) is 0 Å². The smallest absolute Gasteiger partial charge is 0.321 e. The highest BCUT2D eigenvalue weighted by atomic mass is 32.2. The lowest BCUT2D eigenvalue weighted by molar-refractivity contribution is -0.143. The number of aryl methyl sites for hydroxylation is 1. The minimum Gasteiger partial charge on any atom is -0.496 e. The number of rotatable bonds is 7. The number of ether oxygens (including phenoxy) is 3. The number of nitrogens with zero attached hydrogens (tertiary/aromatic N) is 1. The van der Waals surface area contributed by atoms with E-state index in [1.807, 2.05) is 0 Å². The highest BCUT2D eigenvalue weighted by Gasteiger charge is 2.32. The number of hydrogen-bond acceptors (Lipinski definition) is 7. The van der Waals surface area contributed by atoms with Crippen molar-refractivity contribution < 1.29 is 32.2 Å². The molecule has 0 atom stereocenters. The fourth-order valence-corrected chi connectivity index (χ4v) is 4.22. The van der Waals surface area contributed by atoms with Gasteiger partial charge in [0.2, 0.25) is 10.0 Å². The molecule has 9 heteroatoms. The molecule has 0 amide bonds. The summed E-state index contributed by atoms with van der Waals surface area (Å²) < 4.78 is 41.2. The first kappa shape index (κ1) is 20.9. The van der Waals surface area contributed by atoms with Crippen molar-refractivity contribution in [3.05, 3.63) is 22.8 Å². The van der Waals surface area contributed by atoms with Crippen molar-refractivity contribution in [2.45, 2.75) is 25.7 Å². The van der Waals surface area contributed by atoms with E-state index < -0.39 is 35.1 Å². The van der Waals surface area contributed by atoms with Gasteiger partial charge in [-0.3, -0.25) is 9.59 Å². The Morgan fingerprint density at radius 2 is 1.44 bits per heavy atom. The summed E-state index contributed by atoms with van der Waals surface area (Å²) in [6.07, 6.45) is 0. The van der Waals surface area contributed by atoms with Crippen molar-refractivity contribution in [1.29, 1.82) is 0 Å². The van der Waals surface area contributed by atoms with Gasteiger partial charge in [0.25, 0.3) is 0 Å². The van der Waals surface area contributed by atoms with Gasteiger partial charge in [-0.2, -0.15) is 4.31 Å². The van der Waals surface area contributed by atoms with Crippen LogP contribution in [0.1, 0.15) is 16.7 Å². The lowest BCUT2D eigenvalue weighted by Gasteiger charge is -2.23. The van der Waals surface area contributed by atoms with Crippen LogP contribution in [0.4, 0.5) is 0 Å². The highest BCUT2D eigenvalue weighted by Crippen LogP contribution is 2.32. The van der Waals surface area contributed by atoms with Gasteiger partial charge < -0.3 is 14.2 Å². The fourth-order valence-electron chi connectivity index (χ4n) is 2.40. The molecule has 0 aliphatic heterocycles. The number of carbonyl (C=O) groups excluding carboxylic acids is 2. The summed E-state index contributed by atoms with van der Waals surface area (Å²) in [7, 11) is -0.371. The van der Waals surface area contributed by atoms with Crippen molar-refractivity contribution in [3.8, 4) is 5.75 Å². The van der Waals surface area contributed by atoms with E-state index in [4.69, 9.17) is 4.74 Å². The SMILES string of the molecule is COC(=O)CN(CC(=O)OC)S(=O)(=O)c1c(C)cc(OC)c(C)c1C. The van der Waals surface area contributed by atoms with Gasteiger partial charge in [0, 0.05) is 0 Å². The summed E-state index contributed by atoms with van der Waals surface area (Å²) in [6, 6.07) is 1.60. The lowest BCUT2D eigenvalue weighted by Crippen LogP contribution is -2.40. The molecule has 0 aliphatic carbocycles. The predicted molar refractivity (Wildman–Crippen MR) is 90.0 cm³/mol. The first-order chi connectivity index (χ1) is 11.6. The zero-order valence-electron chi connectivity index (χ0n) is 15.2. The van der Waals surface area contributed by atoms with Gasteiger partial charge in [0.1, 0.15) is 18.8 Å². The van der Waals surface area contributed by atoms with Crippen LogP contribution < -0.4 is 4.74 Å². The maximum atomic E-state index is 13.1. The molecule has 0 spiro atoms. The molecular formula is C16H23NO7S. The van der Waals surface area contributed by atoms with E-state index in [1.54, 1.807) is 26.8 Å². The molecule has 0 fully saturated rings. The minimum absolute atomic E-state index is 0.0265. The molecule has 0 aliphatic rings. The van der Waals surface area contributed by atoms with Crippen LogP contribution in [-0.4, -0.2) is 59.1 Å². The van der Waals surface area contributed by atoms with E-state index >= 15 is 0 Å². The minimum atomic E-state index is -4.14. The Bertz CT molecular complexity index is 753. The molecule has 0 aromatic heterocycles. The summed E-state index contributed by atoms with van der Waals surface area (Å²) in [5.74, 6) is -1.01. The van der Waals surface area contributed by atoms with E-state index in [0.717, 1.165) is 18.5 Å². The Morgan fingerprint density at radius 3 is 1.84 bits per heavy atom. The standard InChI is InChI=1S/C16H23NO7S/c1-10-7-13(22-4)11(2)12(3)16(10)25(20,21)17(8-14(18)23-5)9-15(19)24-6/h7H,8-9H2,1-6H3. The Balaban J connectivity index is 3.51. The molecule has 0 radical (unpaired) electrons. The highest BCUT2D eigenvalue weighted by molar-refractivity contribution is 7.89. The number of benzene rings is 1. The average Bonchev–Trinajstić information content (AvgIpc) is 2.56. The Kier molecular flexibility index (Phi) is 6.95. The maximum Gasteiger partial charge on any atom is 0.321 e. The van der Waals surface area contributed by atoms with Gasteiger partial charge in [-0.25, -0.2) is 8.42 Å². The van der Waals surface area contributed by atoms with Crippen molar-refractivity contribution in [2.75, 3.05) is 34.4 Å². The summed E-state index contributed by atoms with van der Waals surface area (Å²) in [5, 5.41) is 0. The van der Waals surface area contributed by atoms with Gasteiger partial charge in [-0.05, 0) is 43.5 Å². The second-order valence-corrected chi connectivity index (χ2v) is 7.27. The van der Waals surface area contributed by atoms with Gasteiger partial charge in [0.05, 0.1) is 26.2 Å². The molecule has 140 valence electrons. The topological polar surface area (TPSA) is 99.2 Å². The van der Waals surface area contributed by atoms with Crippen LogP contribution in [0.5, 0.6) is 5.75 Å². The van der Waals surface area contributed by atoms with Gasteiger partial charge in [0.15, 0.2) is 0 Å². The van der Waals surface area contributed by atoms with Gasteiger partial charge in [-0.1, -0.05) is 0 Å². The van der Waals surface area contributed by atoms with E-state index in [-0.39, 0.29) is 4.90 Å². The Hall–Kier alpha value is -2.13. The summed E-state index contributed by atoms with van der Waals surface area (Å²) >= 11 is 0. The first-order valence-corrected chi connectivity index (χ1v) is 8.82. The van der Waals surface area contributed by atoms with Crippen LogP contribution >= 0.6 is 0 Å². The molecule has 0 bridgehead atoms. The monoisotopic (exact) mass is 373 g/mol. The summed E-state index contributed by atoms with van der Waals surface area (Å²) in [4.78, 5) is 23.2. The van der Waals surface area contributed by atoms with Gasteiger partial charge >= 0.3 is 11.9 Å². The number of carbonyl (C=O) groups is 2. The molecule has 0 saturated heterocycles. The molecule has 0 unspecified atom stereocenters. The predicted octanol–water partition coefficient (Wildman–Crippen LogP) is 0.957. The van der Waals surface area contributed by atoms with Crippen LogP contribution in [0.25, 0.3) is 0 Å².